The highest BCUT2D eigenvalue weighted by Gasteiger charge is 2.21. The van der Waals surface area contributed by atoms with E-state index in [1.54, 1.807) is 12.1 Å². The maximum Gasteiger partial charge on any atom is 0.263 e. The van der Waals surface area contributed by atoms with Crippen LogP contribution in [0, 0.1) is 0 Å². The lowest BCUT2D eigenvalue weighted by atomic mass is 10.3. The number of sulfonamides is 2. The summed E-state index contributed by atoms with van der Waals surface area (Å²) < 4.78 is 54.6. The lowest BCUT2D eigenvalue weighted by molar-refractivity contribution is 0.591. The van der Waals surface area contributed by atoms with E-state index < -0.39 is 20.0 Å². The van der Waals surface area contributed by atoms with E-state index in [1.165, 1.54) is 36.4 Å². The van der Waals surface area contributed by atoms with Crippen molar-refractivity contribution in [2.75, 3.05) is 11.3 Å². The summed E-state index contributed by atoms with van der Waals surface area (Å²) in [6, 6.07) is 11.5. The average molecular weight is 414 g/mol. The van der Waals surface area contributed by atoms with Gasteiger partial charge in [0.2, 0.25) is 0 Å². The fraction of sp³-hybridized carbons (Fsp3) is 0.188. The van der Waals surface area contributed by atoms with Crippen LogP contribution in [0.3, 0.4) is 0 Å². The van der Waals surface area contributed by atoms with Gasteiger partial charge in [0.25, 0.3) is 20.0 Å². The Labute approximate surface area is 157 Å². The number of amidine groups is 1. The molecule has 0 radical (unpaired) electrons. The standard InChI is InChI=1S/C16H16ClN3O4S2/c17-14-7-1-2-8-15(14)26(23,24)19-12-5-3-6-13(11-12)25(21,22)20-16-9-4-10-18-16/h1-3,5-8,11,19H,4,9-10H2,(H,18,20). The van der Waals surface area contributed by atoms with Crippen LogP contribution < -0.4 is 9.44 Å². The number of nitrogens with zero attached hydrogens (tertiary/aromatic N) is 1. The summed E-state index contributed by atoms with van der Waals surface area (Å²) in [7, 11) is -7.79. The molecule has 0 atom stereocenters. The molecule has 10 heteroatoms. The summed E-state index contributed by atoms with van der Waals surface area (Å²) in [5, 5.41) is 0.0738. The van der Waals surface area contributed by atoms with Gasteiger partial charge in [0, 0.05) is 13.0 Å². The van der Waals surface area contributed by atoms with E-state index in [0.717, 1.165) is 6.42 Å². The fourth-order valence-electron chi connectivity index (χ4n) is 2.44. The van der Waals surface area contributed by atoms with Gasteiger partial charge < -0.3 is 0 Å². The predicted molar refractivity (Wildman–Crippen MR) is 101 cm³/mol. The summed E-state index contributed by atoms with van der Waals surface area (Å²) >= 11 is 5.94. The summed E-state index contributed by atoms with van der Waals surface area (Å²) in [4.78, 5) is 3.92. The largest absolute Gasteiger partial charge is 0.280 e. The molecular weight excluding hydrogens is 398 g/mol. The third-order valence-corrected chi connectivity index (χ3v) is 6.91. The highest BCUT2D eigenvalue weighted by Crippen LogP contribution is 2.24. The average Bonchev–Trinajstić information content (AvgIpc) is 3.07. The maximum atomic E-state index is 12.5. The summed E-state index contributed by atoms with van der Waals surface area (Å²) in [5.41, 5.74) is 0.112. The first-order valence-corrected chi connectivity index (χ1v) is 11.1. The van der Waals surface area contributed by atoms with Gasteiger partial charge in [-0.1, -0.05) is 29.8 Å². The van der Waals surface area contributed by atoms with Gasteiger partial charge in [0.15, 0.2) is 0 Å². The van der Waals surface area contributed by atoms with E-state index in [1.807, 2.05) is 0 Å². The molecule has 1 heterocycles. The van der Waals surface area contributed by atoms with Crippen LogP contribution in [0.1, 0.15) is 12.8 Å². The number of benzene rings is 2. The molecule has 7 nitrogen and oxygen atoms in total. The first-order valence-electron chi connectivity index (χ1n) is 7.71. The predicted octanol–water partition coefficient (Wildman–Crippen LogP) is 2.61. The second-order valence-electron chi connectivity index (χ2n) is 5.60. The molecule has 0 saturated carbocycles. The van der Waals surface area contributed by atoms with Gasteiger partial charge >= 0.3 is 0 Å². The number of hydrogen-bond acceptors (Lipinski definition) is 5. The molecule has 3 rings (SSSR count). The number of nitrogens with one attached hydrogen (secondary N) is 2. The molecule has 0 bridgehead atoms. The molecule has 0 aliphatic carbocycles. The Balaban J connectivity index is 1.87. The smallest absolute Gasteiger partial charge is 0.263 e. The zero-order chi connectivity index (χ0) is 18.8. The quantitative estimate of drug-likeness (QED) is 0.785. The first-order chi connectivity index (χ1) is 12.3. The third-order valence-electron chi connectivity index (χ3n) is 3.65. The van der Waals surface area contributed by atoms with E-state index >= 15 is 0 Å². The molecule has 1 aliphatic heterocycles. The van der Waals surface area contributed by atoms with E-state index in [4.69, 9.17) is 11.6 Å². The van der Waals surface area contributed by atoms with Crippen molar-refractivity contribution in [1.82, 2.24) is 4.72 Å². The minimum atomic E-state index is -3.95. The molecule has 0 aromatic heterocycles. The molecule has 0 spiro atoms. The molecular formula is C16H16ClN3O4S2. The van der Waals surface area contributed by atoms with Gasteiger partial charge in [0.1, 0.15) is 10.7 Å². The Hall–Kier alpha value is -2.10. The van der Waals surface area contributed by atoms with Gasteiger partial charge in [-0.05, 0) is 36.8 Å². The van der Waals surface area contributed by atoms with Crippen molar-refractivity contribution in [3.8, 4) is 0 Å². The van der Waals surface area contributed by atoms with Crippen molar-refractivity contribution < 1.29 is 16.8 Å². The number of rotatable bonds is 5. The Bertz CT molecular complexity index is 1070. The van der Waals surface area contributed by atoms with Crippen molar-refractivity contribution in [3.05, 3.63) is 53.6 Å². The lowest BCUT2D eigenvalue weighted by Crippen LogP contribution is -2.29. The normalized spacial score (nSPS) is 14.7. The first kappa shape index (κ1) is 18.7. The minimum absolute atomic E-state index is 0.0635. The van der Waals surface area contributed by atoms with Crippen molar-refractivity contribution in [3.63, 3.8) is 0 Å². The molecule has 2 aromatic carbocycles. The highest BCUT2D eigenvalue weighted by atomic mass is 35.5. The van der Waals surface area contributed by atoms with Gasteiger partial charge in [-0.25, -0.2) is 16.8 Å². The minimum Gasteiger partial charge on any atom is -0.280 e. The number of aliphatic imine (C=N–C) groups is 1. The Morgan fingerprint density at radius 1 is 0.923 bits per heavy atom. The van der Waals surface area contributed by atoms with Gasteiger partial charge in [-0.15, -0.1) is 0 Å². The van der Waals surface area contributed by atoms with Crippen molar-refractivity contribution >= 4 is 43.2 Å². The van der Waals surface area contributed by atoms with E-state index in [0.29, 0.717) is 18.8 Å². The zero-order valence-electron chi connectivity index (χ0n) is 13.5. The van der Waals surface area contributed by atoms with E-state index in [2.05, 4.69) is 14.4 Å². The van der Waals surface area contributed by atoms with Crippen molar-refractivity contribution in [2.24, 2.45) is 4.99 Å². The van der Waals surface area contributed by atoms with Crippen LogP contribution in [0.5, 0.6) is 0 Å². The van der Waals surface area contributed by atoms with Crippen LogP contribution in [0.2, 0.25) is 5.02 Å². The Morgan fingerprint density at radius 2 is 1.69 bits per heavy atom. The number of anilines is 1. The molecule has 26 heavy (non-hydrogen) atoms. The molecule has 1 aliphatic rings. The summed E-state index contributed by atoms with van der Waals surface area (Å²) in [6.45, 7) is 0.593. The van der Waals surface area contributed by atoms with Crippen LogP contribution in [0.15, 0.2) is 63.3 Å². The topological polar surface area (TPSA) is 105 Å². The summed E-state index contributed by atoms with van der Waals surface area (Å²) in [5.74, 6) is 0.409. The number of halogens is 1. The monoisotopic (exact) mass is 413 g/mol. The molecule has 0 amide bonds. The molecule has 0 saturated heterocycles. The Morgan fingerprint density at radius 3 is 2.38 bits per heavy atom. The fourth-order valence-corrected chi connectivity index (χ4v) is 5.14. The second-order valence-corrected chi connectivity index (χ2v) is 9.34. The Kier molecular flexibility index (Phi) is 5.22. The van der Waals surface area contributed by atoms with Crippen LogP contribution in [-0.4, -0.2) is 29.2 Å². The zero-order valence-corrected chi connectivity index (χ0v) is 15.9. The molecule has 138 valence electrons. The van der Waals surface area contributed by atoms with Crippen molar-refractivity contribution in [2.45, 2.75) is 22.6 Å². The summed E-state index contributed by atoms with van der Waals surface area (Å²) in [6.07, 6.45) is 1.37. The van der Waals surface area contributed by atoms with Gasteiger partial charge in [-0.2, -0.15) is 0 Å². The van der Waals surface area contributed by atoms with Gasteiger partial charge in [0.05, 0.1) is 15.6 Å². The lowest BCUT2D eigenvalue weighted by Gasteiger charge is -2.12. The molecule has 0 unspecified atom stereocenters. The highest BCUT2D eigenvalue weighted by molar-refractivity contribution is 7.93. The van der Waals surface area contributed by atoms with Crippen molar-refractivity contribution in [1.29, 1.82) is 0 Å². The van der Waals surface area contributed by atoms with Crippen LogP contribution in [-0.2, 0) is 20.0 Å². The van der Waals surface area contributed by atoms with E-state index in [-0.39, 0.29) is 20.5 Å². The van der Waals surface area contributed by atoms with Crippen LogP contribution in [0.4, 0.5) is 5.69 Å². The third kappa shape index (κ3) is 4.17. The van der Waals surface area contributed by atoms with E-state index in [9.17, 15) is 16.8 Å². The SMILES string of the molecule is O=S(=O)(NC1=NCCC1)c1cccc(NS(=O)(=O)c2ccccc2Cl)c1. The van der Waals surface area contributed by atoms with Gasteiger partial charge in [-0.3, -0.25) is 14.4 Å². The molecule has 0 fully saturated rings. The van der Waals surface area contributed by atoms with Crippen LogP contribution in [0.25, 0.3) is 0 Å². The molecule has 2 N–H and O–H groups in total. The number of hydrogen-bond donors (Lipinski definition) is 2. The van der Waals surface area contributed by atoms with Crippen LogP contribution >= 0.6 is 11.6 Å². The maximum absolute atomic E-state index is 12.5. The second kappa shape index (κ2) is 7.26. The molecule has 2 aromatic rings.